The maximum absolute atomic E-state index is 13.5. The van der Waals surface area contributed by atoms with Crippen LogP contribution in [0.2, 0.25) is 0 Å². The van der Waals surface area contributed by atoms with E-state index in [2.05, 4.69) is 24.4 Å². The number of sulfonamides is 1. The Hall–Kier alpha value is -3.85. The molecule has 0 saturated carbocycles. The minimum atomic E-state index is -4.06. The first-order valence-corrected chi connectivity index (χ1v) is 13.1. The lowest BCUT2D eigenvalue weighted by molar-refractivity contribution is -0.119. The standard InChI is InChI=1S/C27H31N3O5S/c1-4-34-26-13-9-8-12-25(26)30(36(32,33)24-10-6-5-7-11-24)19-27(31)29-28-18-22-14-16-23(17-15-22)35-20-21(2)3/h5-18,21H,4,19-20H2,1-3H3,(H,29,31)/b28-18+. The number of benzene rings is 3. The second-order valence-electron chi connectivity index (χ2n) is 8.29. The van der Waals surface area contributed by atoms with Crippen LogP contribution in [0, 0.1) is 5.92 Å². The van der Waals surface area contributed by atoms with E-state index in [1.165, 1.54) is 18.3 Å². The maximum Gasteiger partial charge on any atom is 0.264 e. The van der Waals surface area contributed by atoms with Gasteiger partial charge in [0.15, 0.2) is 0 Å². The molecule has 0 aromatic heterocycles. The van der Waals surface area contributed by atoms with Gasteiger partial charge < -0.3 is 9.47 Å². The van der Waals surface area contributed by atoms with Crippen molar-refractivity contribution in [2.24, 2.45) is 11.0 Å². The van der Waals surface area contributed by atoms with Gasteiger partial charge in [0.2, 0.25) is 0 Å². The number of nitrogens with one attached hydrogen (secondary N) is 1. The van der Waals surface area contributed by atoms with Crippen molar-refractivity contribution in [1.82, 2.24) is 5.43 Å². The minimum absolute atomic E-state index is 0.0624. The van der Waals surface area contributed by atoms with E-state index in [1.54, 1.807) is 49.4 Å². The van der Waals surface area contributed by atoms with Crippen molar-refractivity contribution < 1.29 is 22.7 Å². The molecule has 0 spiro atoms. The van der Waals surface area contributed by atoms with Crippen LogP contribution in [-0.2, 0) is 14.8 Å². The molecule has 0 aliphatic rings. The molecule has 0 heterocycles. The van der Waals surface area contributed by atoms with Crippen LogP contribution >= 0.6 is 0 Å². The van der Waals surface area contributed by atoms with Crippen molar-refractivity contribution in [3.05, 3.63) is 84.4 Å². The number of carbonyl (C=O) groups excluding carboxylic acids is 1. The topological polar surface area (TPSA) is 97.3 Å². The van der Waals surface area contributed by atoms with E-state index in [0.29, 0.717) is 24.9 Å². The number of para-hydroxylation sites is 2. The molecule has 0 bridgehead atoms. The maximum atomic E-state index is 13.5. The van der Waals surface area contributed by atoms with Crippen LogP contribution < -0.4 is 19.2 Å². The lowest BCUT2D eigenvalue weighted by atomic mass is 10.2. The molecule has 3 rings (SSSR count). The van der Waals surface area contributed by atoms with E-state index in [0.717, 1.165) is 15.6 Å². The van der Waals surface area contributed by atoms with E-state index in [1.807, 2.05) is 24.3 Å². The third-order valence-electron chi connectivity index (χ3n) is 4.92. The van der Waals surface area contributed by atoms with Crippen molar-refractivity contribution >= 4 is 27.8 Å². The van der Waals surface area contributed by atoms with Crippen LogP contribution in [0.4, 0.5) is 5.69 Å². The summed E-state index contributed by atoms with van der Waals surface area (Å²) < 4.78 is 39.3. The predicted octanol–water partition coefficient (Wildman–Crippen LogP) is 4.47. The number of amides is 1. The van der Waals surface area contributed by atoms with Crippen LogP contribution in [0.1, 0.15) is 26.3 Å². The molecule has 0 unspecified atom stereocenters. The molecule has 0 fully saturated rings. The Morgan fingerprint density at radius 3 is 2.31 bits per heavy atom. The minimum Gasteiger partial charge on any atom is -0.493 e. The quantitative estimate of drug-likeness (QED) is 0.287. The highest BCUT2D eigenvalue weighted by molar-refractivity contribution is 7.92. The van der Waals surface area contributed by atoms with E-state index in [9.17, 15) is 13.2 Å². The van der Waals surface area contributed by atoms with Crippen LogP contribution in [0.3, 0.4) is 0 Å². The van der Waals surface area contributed by atoms with Crippen LogP contribution in [0.25, 0.3) is 0 Å². The van der Waals surface area contributed by atoms with Gasteiger partial charge >= 0.3 is 0 Å². The lowest BCUT2D eigenvalue weighted by Crippen LogP contribution is -2.39. The summed E-state index contributed by atoms with van der Waals surface area (Å²) in [5.41, 5.74) is 3.43. The van der Waals surface area contributed by atoms with E-state index in [4.69, 9.17) is 9.47 Å². The van der Waals surface area contributed by atoms with Gasteiger partial charge in [-0.25, -0.2) is 13.8 Å². The second-order valence-corrected chi connectivity index (χ2v) is 10.2. The number of hydrogen-bond donors (Lipinski definition) is 1. The molecule has 36 heavy (non-hydrogen) atoms. The molecular weight excluding hydrogens is 478 g/mol. The van der Waals surface area contributed by atoms with Gasteiger partial charge in [0, 0.05) is 0 Å². The molecule has 9 heteroatoms. The highest BCUT2D eigenvalue weighted by atomic mass is 32.2. The summed E-state index contributed by atoms with van der Waals surface area (Å²) in [5.74, 6) is 0.927. The molecule has 3 aromatic rings. The first kappa shape index (κ1) is 26.7. The summed E-state index contributed by atoms with van der Waals surface area (Å²) in [4.78, 5) is 12.8. The van der Waals surface area contributed by atoms with Gasteiger partial charge in [-0.3, -0.25) is 9.10 Å². The van der Waals surface area contributed by atoms with Gasteiger partial charge in [0.25, 0.3) is 15.9 Å². The molecular formula is C27H31N3O5S. The molecule has 1 amide bonds. The molecule has 0 aliphatic heterocycles. The zero-order valence-corrected chi connectivity index (χ0v) is 21.4. The van der Waals surface area contributed by atoms with Gasteiger partial charge in [0.1, 0.15) is 18.0 Å². The number of hydrazone groups is 1. The van der Waals surface area contributed by atoms with E-state index in [-0.39, 0.29) is 10.6 Å². The average Bonchev–Trinajstić information content (AvgIpc) is 2.88. The summed E-state index contributed by atoms with van der Waals surface area (Å²) >= 11 is 0. The molecule has 0 atom stereocenters. The van der Waals surface area contributed by atoms with E-state index < -0.39 is 22.5 Å². The summed E-state index contributed by atoms with van der Waals surface area (Å²) in [6.07, 6.45) is 1.48. The fourth-order valence-electron chi connectivity index (χ4n) is 3.22. The predicted molar refractivity (Wildman–Crippen MR) is 141 cm³/mol. The molecule has 0 radical (unpaired) electrons. The largest absolute Gasteiger partial charge is 0.493 e. The Morgan fingerprint density at radius 1 is 0.972 bits per heavy atom. The number of ether oxygens (including phenoxy) is 2. The smallest absolute Gasteiger partial charge is 0.264 e. The summed E-state index contributed by atoms with van der Waals surface area (Å²) in [6, 6.07) is 21.9. The molecule has 0 aliphatic carbocycles. The average molecular weight is 510 g/mol. The molecule has 190 valence electrons. The number of rotatable bonds is 12. The third-order valence-corrected chi connectivity index (χ3v) is 6.69. The fourth-order valence-corrected chi connectivity index (χ4v) is 4.67. The molecule has 1 N–H and O–H groups in total. The van der Waals surface area contributed by atoms with Gasteiger partial charge in [-0.05, 0) is 66.9 Å². The molecule has 0 saturated heterocycles. The Bertz CT molecular complexity index is 1260. The molecule has 3 aromatic carbocycles. The second kappa shape index (κ2) is 12.7. The van der Waals surface area contributed by atoms with Crippen molar-refractivity contribution in [1.29, 1.82) is 0 Å². The number of nitrogens with zero attached hydrogens (tertiary/aromatic N) is 2. The Labute approximate surface area is 212 Å². The zero-order chi connectivity index (χ0) is 26.0. The third kappa shape index (κ3) is 7.32. The SMILES string of the molecule is CCOc1ccccc1N(CC(=O)N/N=C/c1ccc(OCC(C)C)cc1)S(=O)(=O)c1ccccc1. The lowest BCUT2D eigenvalue weighted by Gasteiger charge is -2.25. The Balaban J connectivity index is 1.77. The van der Waals surface area contributed by atoms with Crippen molar-refractivity contribution in [2.45, 2.75) is 25.7 Å². The van der Waals surface area contributed by atoms with Crippen molar-refractivity contribution in [3.8, 4) is 11.5 Å². The van der Waals surface area contributed by atoms with Crippen LogP contribution in [-0.4, -0.2) is 40.3 Å². The Morgan fingerprint density at radius 2 is 1.64 bits per heavy atom. The number of hydrogen-bond acceptors (Lipinski definition) is 6. The molecule has 8 nitrogen and oxygen atoms in total. The van der Waals surface area contributed by atoms with Gasteiger partial charge in [0.05, 0.1) is 30.0 Å². The summed E-state index contributed by atoms with van der Waals surface area (Å²) in [5, 5.41) is 3.99. The van der Waals surface area contributed by atoms with Crippen molar-refractivity contribution in [3.63, 3.8) is 0 Å². The summed E-state index contributed by atoms with van der Waals surface area (Å²) in [7, 11) is -4.06. The van der Waals surface area contributed by atoms with Crippen molar-refractivity contribution in [2.75, 3.05) is 24.1 Å². The normalized spacial score (nSPS) is 11.4. The monoisotopic (exact) mass is 509 g/mol. The first-order valence-electron chi connectivity index (χ1n) is 11.7. The van der Waals surface area contributed by atoms with Crippen LogP contribution in [0.5, 0.6) is 11.5 Å². The Kier molecular flexibility index (Phi) is 9.46. The van der Waals surface area contributed by atoms with E-state index >= 15 is 0 Å². The zero-order valence-electron chi connectivity index (χ0n) is 20.6. The van der Waals surface area contributed by atoms with Gasteiger partial charge in [-0.2, -0.15) is 5.10 Å². The van der Waals surface area contributed by atoms with Gasteiger partial charge in [-0.1, -0.05) is 44.2 Å². The fraction of sp³-hybridized carbons (Fsp3) is 0.259. The number of anilines is 1. The number of carbonyl (C=O) groups is 1. The highest BCUT2D eigenvalue weighted by Crippen LogP contribution is 2.32. The summed E-state index contributed by atoms with van der Waals surface area (Å²) in [6.45, 7) is 6.43. The highest BCUT2D eigenvalue weighted by Gasteiger charge is 2.29. The first-order chi connectivity index (χ1) is 17.3. The van der Waals surface area contributed by atoms with Gasteiger partial charge in [-0.15, -0.1) is 0 Å². The van der Waals surface area contributed by atoms with Crippen LogP contribution in [0.15, 0.2) is 88.9 Å².